The molecule has 1 aromatic heterocycles. The standard InChI is InChI=1S/C26H19FN2OS/c27-21-13-11-19(12-14-21)23-17-25(20-7-3-1-4-8-20)29-26(24(23)18-28)31-16-15-30-22-9-5-2-6-10-22/h1-14,17H,15-16H2. The number of pyridine rings is 1. The number of aromatic nitrogens is 1. The highest BCUT2D eigenvalue weighted by Gasteiger charge is 2.16. The van der Waals surface area contributed by atoms with Crippen molar-refractivity contribution in [3.63, 3.8) is 0 Å². The quantitative estimate of drug-likeness (QED) is 0.247. The number of hydrogen-bond acceptors (Lipinski definition) is 4. The fourth-order valence-corrected chi connectivity index (χ4v) is 3.99. The molecule has 0 saturated heterocycles. The lowest BCUT2D eigenvalue weighted by atomic mass is 9.99. The number of halogens is 1. The number of nitrogens with zero attached hydrogens (tertiary/aromatic N) is 2. The Morgan fingerprint density at radius 2 is 1.55 bits per heavy atom. The molecule has 0 atom stereocenters. The van der Waals surface area contributed by atoms with Crippen LogP contribution in [0.15, 0.2) is 96.0 Å². The van der Waals surface area contributed by atoms with Gasteiger partial charge in [0, 0.05) is 16.9 Å². The predicted octanol–water partition coefficient (Wildman–Crippen LogP) is 6.60. The Balaban J connectivity index is 1.66. The van der Waals surface area contributed by atoms with Crippen LogP contribution in [0.5, 0.6) is 5.75 Å². The molecule has 0 aliphatic heterocycles. The van der Waals surface area contributed by atoms with E-state index in [9.17, 15) is 9.65 Å². The Kier molecular flexibility index (Phi) is 6.61. The van der Waals surface area contributed by atoms with Crippen LogP contribution in [0.2, 0.25) is 0 Å². The maximum Gasteiger partial charge on any atom is 0.123 e. The summed E-state index contributed by atoms with van der Waals surface area (Å²) in [4.78, 5) is 4.77. The van der Waals surface area contributed by atoms with Crippen molar-refractivity contribution in [2.75, 3.05) is 12.4 Å². The van der Waals surface area contributed by atoms with Crippen LogP contribution in [-0.4, -0.2) is 17.3 Å². The van der Waals surface area contributed by atoms with Crippen molar-refractivity contribution in [3.8, 4) is 34.2 Å². The van der Waals surface area contributed by atoms with E-state index in [0.717, 1.165) is 28.1 Å². The number of nitriles is 1. The van der Waals surface area contributed by atoms with Crippen molar-refractivity contribution in [3.05, 3.63) is 102 Å². The smallest absolute Gasteiger partial charge is 0.123 e. The fraction of sp³-hybridized carbons (Fsp3) is 0.0769. The Labute approximate surface area is 185 Å². The first-order valence-electron chi connectivity index (χ1n) is 9.82. The molecule has 3 nitrogen and oxygen atoms in total. The van der Waals surface area contributed by atoms with E-state index in [2.05, 4.69) is 6.07 Å². The SMILES string of the molecule is N#Cc1c(-c2ccc(F)cc2)cc(-c2ccccc2)nc1SCCOc1ccccc1. The van der Waals surface area contributed by atoms with Gasteiger partial charge in [0.1, 0.15) is 22.7 Å². The first-order chi connectivity index (χ1) is 15.2. The minimum absolute atomic E-state index is 0.313. The molecule has 0 unspecified atom stereocenters. The molecule has 4 aromatic rings. The van der Waals surface area contributed by atoms with Crippen molar-refractivity contribution >= 4 is 11.8 Å². The number of para-hydroxylation sites is 1. The van der Waals surface area contributed by atoms with Crippen molar-refractivity contribution in [2.24, 2.45) is 0 Å². The summed E-state index contributed by atoms with van der Waals surface area (Å²) in [6.45, 7) is 0.489. The summed E-state index contributed by atoms with van der Waals surface area (Å²) in [6, 6.07) is 29.8. The third-order valence-corrected chi connectivity index (χ3v) is 5.60. The van der Waals surface area contributed by atoms with Crippen LogP contribution >= 0.6 is 11.8 Å². The predicted molar refractivity (Wildman–Crippen MR) is 122 cm³/mol. The van der Waals surface area contributed by atoms with Gasteiger partial charge in [0.2, 0.25) is 0 Å². The molecular weight excluding hydrogens is 407 g/mol. The molecule has 0 fully saturated rings. The monoisotopic (exact) mass is 426 g/mol. The topological polar surface area (TPSA) is 45.9 Å². The Morgan fingerprint density at radius 1 is 0.871 bits per heavy atom. The van der Waals surface area contributed by atoms with Crippen molar-refractivity contribution in [1.82, 2.24) is 4.98 Å². The molecule has 4 rings (SSSR count). The molecule has 0 spiro atoms. The molecular formula is C26H19FN2OS. The summed E-state index contributed by atoms with van der Waals surface area (Å²) in [6.07, 6.45) is 0. The van der Waals surface area contributed by atoms with Gasteiger partial charge in [-0.05, 0) is 35.9 Å². The molecule has 0 amide bonds. The lowest BCUT2D eigenvalue weighted by Gasteiger charge is -2.13. The van der Waals surface area contributed by atoms with Gasteiger partial charge in [0.25, 0.3) is 0 Å². The Bertz CT molecular complexity index is 1190. The Morgan fingerprint density at radius 3 is 2.23 bits per heavy atom. The zero-order valence-corrected chi connectivity index (χ0v) is 17.5. The van der Waals surface area contributed by atoms with Crippen LogP contribution in [0.3, 0.4) is 0 Å². The lowest BCUT2D eigenvalue weighted by Crippen LogP contribution is -2.02. The van der Waals surface area contributed by atoms with Crippen molar-refractivity contribution in [1.29, 1.82) is 5.26 Å². The summed E-state index contributed by atoms with van der Waals surface area (Å²) in [5.41, 5.74) is 3.72. The number of ether oxygens (including phenoxy) is 1. The summed E-state index contributed by atoms with van der Waals surface area (Å²) in [5.74, 6) is 1.13. The van der Waals surface area contributed by atoms with E-state index in [1.807, 2.05) is 66.7 Å². The van der Waals surface area contributed by atoms with Gasteiger partial charge in [-0.25, -0.2) is 9.37 Å². The molecule has 0 saturated carbocycles. The van der Waals surface area contributed by atoms with Gasteiger partial charge in [-0.1, -0.05) is 60.7 Å². The Hall–Kier alpha value is -3.62. The van der Waals surface area contributed by atoms with Crippen LogP contribution in [0.1, 0.15) is 5.56 Å². The van der Waals surface area contributed by atoms with E-state index in [1.165, 1.54) is 23.9 Å². The van der Waals surface area contributed by atoms with Gasteiger partial charge in [0.05, 0.1) is 17.9 Å². The molecule has 152 valence electrons. The molecule has 0 aliphatic rings. The number of hydrogen-bond donors (Lipinski definition) is 0. The fourth-order valence-electron chi connectivity index (χ4n) is 3.16. The number of thioether (sulfide) groups is 1. The van der Waals surface area contributed by atoms with Gasteiger partial charge in [-0.2, -0.15) is 5.26 Å². The second-order valence-electron chi connectivity index (χ2n) is 6.73. The van der Waals surface area contributed by atoms with E-state index in [0.29, 0.717) is 22.9 Å². The van der Waals surface area contributed by atoms with Crippen LogP contribution < -0.4 is 4.74 Å². The van der Waals surface area contributed by atoms with E-state index in [-0.39, 0.29) is 5.82 Å². The van der Waals surface area contributed by atoms with Crippen LogP contribution in [0.4, 0.5) is 4.39 Å². The highest BCUT2D eigenvalue weighted by atomic mass is 32.2. The molecule has 1 heterocycles. The molecule has 31 heavy (non-hydrogen) atoms. The first-order valence-corrected chi connectivity index (χ1v) is 10.8. The average Bonchev–Trinajstić information content (AvgIpc) is 2.83. The van der Waals surface area contributed by atoms with Gasteiger partial charge in [-0.3, -0.25) is 0 Å². The lowest BCUT2D eigenvalue weighted by molar-refractivity contribution is 0.344. The number of rotatable bonds is 7. The summed E-state index contributed by atoms with van der Waals surface area (Å²) >= 11 is 1.48. The van der Waals surface area contributed by atoms with E-state index in [4.69, 9.17) is 9.72 Å². The van der Waals surface area contributed by atoms with E-state index in [1.54, 1.807) is 12.1 Å². The zero-order chi connectivity index (χ0) is 21.5. The minimum Gasteiger partial charge on any atom is -0.493 e. The van der Waals surface area contributed by atoms with Gasteiger partial charge < -0.3 is 4.74 Å². The second kappa shape index (κ2) is 9.92. The third kappa shape index (κ3) is 5.11. The maximum absolute atomic E-state index is 13.5. The van der Waals surface area contributed by atoms with Crippen molar-refractivity contribution < 1.29 is 9.13 Å². The van der Waals surface area contributed by atoms with E-state index >= 15 is 0 Å². The molecule has 5 heteroatoms. The van der Waals surface area contributed by atoms with Crippen LogP contribution in [0, 0.1) is 17.1 Å². The molecule has 0 aliphatic carbocycles. The minimum atomic E-state index is -0.313. The van der Waals surface area contributed by atoms with Gasteiger partial charge in [0.15, 0.2) is 0 Å². The largest absolute Gasteiger partial charge is 0.493 e. The summed E-state index contributed by atoms with van der Waals surface area (Å²) < 4.78 is 19.2. The summed E-state index contributed by atoms with van der Waals surface area (Å²) in [5, 5.41) is 10.5. The molecule has 0 radical (unpaired) electrons. The second-order valence-corrected chi connectivity index (χ2v) is 7.81. The normalized spacial score (nSPS) is 10.5. The van der Waals surface area contributed by atoms with E-state index < -0.39 is 0 Å². The van der Waals surface area contributed by atoms with Crippen LogP contribution in [0.25, 0.3) is 22.4 Å². The zero-order valence-electron chi connectivity index (χ0n) is 16.7. The molecule has 3 aromatic carbocycles. The first kappa shape index (κ1) is 20.6. The van der Waals surface area contributed by atoms with Crippen LogP contribution in [-0.2, 0) is 0 Å². The average molecular weight is 427 g/mol. The molecule has 0 N–H and O–H groups in total. The summed E-state index contributed by atoms with van der Waals surface area (Å²) in [7, 11) is 0. The number of benzene rings is 3. The van der Waals surface area contributed by atoms with Gasteiger partial charge >= 0.3 is 0 Å². The maximum atomic E-state index is 13.5. The van der Waals surface area contributed by atoms with Gasteiger partial charge in [-0.15, -0.1) is 11.8 Å². The van der Waals surface area contributed by atoms with Crippen molar-refractivity contribution in [2.45, 2.75) is 5.03 Å². The third-order valence-electron chi connectivity index (χ3n) is 4.66. The highest BCUT2D eigenvalue weighted by molar-refractivity contribution is 7.99. The molecule has 0 bridgehead atoms. The highest BCUT2D eigenvalue weighted by Crippen LogP contribution is 2.34.